The highest BCUT2D eigenvalue weighted by Gasteiger charge is 2.11. The van der Waals surface area contributed by atoms with E-state index in [1.807, 2.05) is 60.0 Å². The Labute approximate surface area is 191 Å². The van der Waals surface area contributed by atoms with Gasteiger partial charge in [-0.3, -0.25) is 4.79 Å². The SMILES string of the molecule is COc1ccc(OCCCn2c(CCCNC(=O)c3cccs3)nc3ccccc32)cc1. The molecule has 0 bridgehead atoms. The number of amides is 1. The van der Waals surface area contributed by atoms with E-state index >= 15 is 0 Å². The second-order valence-electron chi connectivity index (χ2n) is 7.38. The molecule has 0 aliphatic carbocycles. The molecule has 0 atom stereocenters. The van der Waals surface area contributed by atoms with E-state index < -0.39 is 0 Å². The minimum atomic E-state index is -0.0100. The lowest BCUT2D eigenvalue weighted by Gasteiger charge is -2.11. The first kappa shape index (κ1) is 21.9. The van der Waals surface area contributed by atoms with Crippen LogP contribution in [0.2, 0.25) is 0 Å². The third kappa shape index (κ3) is 5.48. The van der Waals surface area contributed by atoms with Gasteiger partial charge in [0.2, 0.25) is 0 Å². The molecule has 0 saturated heterocycles. The molecule has 0 aliphatic heterocycles. The second kappa shape index (κ2) is 10.8. The average Bonchev–Trinajstić information content (AvgIpc) is 3.48. The van der Waals surface area contributed by atoms with Crippen molar-refractivity contribution in [3.63, 3.8) is 0 Å². The van der Waals surface area contributed by atoms with E-state index in [2.05, 4.69) is 16.0 Å². The number of para-hydroxylation sites is 2. The molecular weight excluding hydrogens is 422 g/mol. The highest BCUT2D eigenvalue weighted by atomic mass is 32.1. The molecule has 0 aliphatic rings. The van der Waals surface area contributed by atoms with E-state index in [4.69, 9.17) is 14.5 Å². The minimum absolute atomic E-state index is 0.0100. The molecular formula is C25H27N3O3S. The summed E-state index contributed by atoms with van der Waals surface area (Å²) in [5.41, 5.74) is 2.13. The van der Waals surface area contributed by atoms with E-state index in [1.54, 1.807) is 7.11 Å². The summed E-state index contributed by atoms with van der Waals surface area (Å²) in [5, 5.41) is 4.90. The lowest BCUT2D eigenvalue weighted by Crippen LogP contribution is -2.24. The number of carbonyl (C=O) groups is 1. The van der Waals surface area contributed by atoms with Crippen LogP contribution in [0.4, 0.5) is 0 Å². The fourth-order valence-corrected chi connectivity index (χ4v) is 4.23. The molecule has 1 N–H and O–H groups in total. The summed E-state index contributed by atoms with van der Waals surface area (Å²) in [6, 6.07) is 19.6. The van der Waals surface area contributed by atoms with Crippen molar-refractivity contribution in [1.82, 2.24) is 14.9 Å². The fraction of sp³-hybridized carbons (Fsp3) is 0.280. The molecule has 32 heavy (non-hydrogen) atoms. The Morgan fingerprint density at radius 2 is 1.84 bits per heavy atom. The fourth-order valence-electron chi connectivity index (χ4n) is 3.59. The van der Waals surface area contributed by atoms with Gasteiger partial charge in [0.15, 0.2) is 0 Å². The maximum absolute atomic E-state index is 12.1. The third-order valence-electron chi connectivity index (χ3n) is 5.20. The largest absolute Gasteiger partial charge is 0.497 e. The number of hydrogen-bond donors (Lipinski definition) is 1. The lowest BCUT2D eigenvalue weighted by molar-refractivity contribution is 0.0957. The Balaban J connectivity index is 1.31. The van der Waals surface area contributed by atoms with E-state index in [0.29, 0.717) is 13.2 Å². The molecule has 2 aromatic carbocycles. The van der Waals surface area contributed by atoms with Crippen LogP contribution in [0.1, 0.15) is 28.3 Å². The topological polar surface area (TPSA) is 65.4 Å². The van der Waals surface area contributed by atoms with Crippen LogP contribution >= 0.6 is 11.3 Å². The van der Waals surface area contributed by atoms with Gasteiger partial charge in [-0.15, -0.1) is 11.3 Å². The Morgan fingerprint density at radius 1 is 1.03 bits per heavy atom. The summed E-state index contributed by atoms with van der Waals surface area (Å²) in [6.45, 7) is 2.07. The normalized spacial score (nSPS) is 10.9. The number of hydrogen-bond acceptors (Lipinski definition) is 5. The number of rotatable bonds is 11. The first-order valence-corrected chi connectivity index (χ1v) is 11.7. The Kier molecular flexibility index (Phi) is 7.40. The Hall–Kier alpha value is -3.32. The molecule has 1 amide bonds. The van der Waals surface area contributed by atoms with E-state index in [1.165, 1.54) is 11.3 Å². The molecule has 0 fully saturated rings. The van der Waals surface area contributed by atoms with Crippen molar-refractivity contribution in [3.8, 4) is 11.5 Å². The second-order valence-corrected chi connectivity index (χ2v) is 8.33. The monoisotopic (exact) mass is 449 g/mol. The molecule has 4 rings (SSSR count). The predicted molar refractivity (Wildman–Crippen MR) is 128 cm³/mol. The number of imidazole rings is 1. The summed E-state index contributed by atoms with van der Waals surface area (Å²) < 4.78 is 13.3. The molecule has 6 nitrogen and oxygen atoms in total. The van der Waals surface area contributed by atoms with Crippen LogP contribution < -0.4 is 14.8 Å². The molecule has 0 spiro atoms. The molecule has 166 valence electrons. The van der Waals surface area contributed by atoms with Crippen LogP contribution in [-0.2, 0) is 13.0 Å². The molecule has 0 unspecified atom stereocenters. The van der Waals surface area contributed by atoms with Gasteiger partial charge in [0.25, 0.3) is 5.91 Å². The van der Waals surface area contributed by atoms with Crippen LogP contribution in [0.25, 0.3) is 11.0 Å². The zero-order chi connectivity index (χ0) is 22.2. The summed E-state index contributed by atoms with van der Waals surface area (Å²) in [6.07, 6.45) is 2.51. The van der Waals surface area contributed by atoms with Gasteiger partial charge in [0.1, 0.15) is 17.3 Å². The van der Waals surface area contributed by atoms with Crippen molar-refractivity contribution in [2.24, 2.45) is 0 Å². The number of nitrogens with zero attached hydrogens (tertiary/aromatic N) is 2. The zero-order valence-electron chi connectivity index (χ0n) is 18.1. The maximum atomic E-state index is 12.1. The number of methoxy groups -OCH3 is 1. The molecule has 0 radical (unpaired) electrons. The maximum Gasteiger partial charge on any atom is 0.261 e. The first-order valence-electron chi connectivity index (χ1n) is 10.8. The van der Waals surface area contributed by atoms with Crippen LogP contribution in [0.3, 0.4) is 0 Å². The number of aromatic nitrogens is 2. The van der Waals surface area contributed by atoms with Crippen LogP contribution in [0.5, 0.6) is 11.5 Å². The molecule has 2 aromatic heterocycles. The highest BCUT2D eigenvalue weighted by Crippen LogP contribution is 2.19. The molecule has 4 aromatic rings. The number of ether oxygens (including phenoxy) is 2. The summed E-state index contributed by atoms with van der Waals surface area (Å²) in [4.78, 5) is 17.7. The van der Waals surface area contributed by atoms with Crippen molar-refractivity contribution in [2.45, 2.75) is 25.8 Å². The minimum Gasteiger partial charge on any atom is -0.497 e. The Morgan fingerprint density at radius 3 is 2.62 bits per heavy atom. The number of aryl methyl sites for hydroxylation is 2. The number of carbonyl (C=O) groups excluding carboxylic acids is 1. The Bertz CT molecular complexity index is 1140. The van der Waals surface area contributed by atoms with Crippen molar-refractivity contribution in [1.29, 1.82) is 0 Å². The van der Waals surface area contributed by atoms with E-state index in [-0.39, 0.29) is 5.91 Å². The van der Waals surface area contributed by atoms with Crippen LogP contribution in [0.15, 0.2) is 66.0 Å². The van der Waals surface area contributed by atoms with Gasteiger partial charge in [0.05, 0.1) is 29.6 Å². The smallest absolute Gasteiger partial charge is 0.261 e. The summed E-state index contributed by atoms with van der Waals surface area (Å²) in [7, 11) is 1.65. The van der Waals surface area contributed by atoms with Crippen molar-refractivity contribution in [3.05, 3.63) is 76.7 Å². The number of benzene rings is 2. The standard InChI is InChI=1S/C25H27N3O3S/c1-30-19-11-13-20(14-12-19)31-17-6-16-28-22-8-3-2-7-21(22)27-24(28)10-4-15-26-25(29)23-9-5-18-32-23/h2-3,5,7-9,11-14,18H,4,6,10,15-17H2,1H3,(H,26,29). The van der Waals surface area contributed by atoms with Crippen molar-refractivity contribution >= 4 is 28.3 Å². The quantitative estimate of drug-likeness (QED) is 0.330. The van der Waals surface area contributed by atoms with Gasteiger partial charge in [-0.05, 0) is 60.7 Å². The van der Waals surface area contributed by atoms with Gasteiger partial charge >= 0.3 is 0 Å². The number of nitrogens with one attached hydrogen (secondary N) is 1. The molecule has 2 heterocycles. The van der Waals surface area contributed by atoms with Gasteiger partial charge in [-0.25, -0.2) is 4.98 Å². The summed E-state index contributed by atoms with van der Waals surface area (Å²) >= 11 is 1.46. The van der Waals surface area contributed by atoms with E-state index in [0.717, 1.165) is 59.0 Å². The van der Waals surface area contributed by atoms with Crippen LogP contribution in [-0.4, -0.2) is 35.7 Å². The highest BCUT2D eigenvalue weighted by molar-refractivity contribution is 7.12. The number of fused-ring (bicyclic) bond motifs is 1. The van der Waals surface area contributed by atoms with Crippen LogP contribution in [0, 0.1) is 0 Å². The zero-order valence-corrected chi connectivity index (χ0v) is 18.9. The first-order chi connectivity index (χ1) is 15.7. The lowest BCUT2D eigenvalue weighted by atomic mass is 10.2. The van der Waals surface area contributed by atoms with Gasteiger partial charge in [-0.2, -0.15) is 0 Å². The molecule has 7 heteroatoms. The number of thiophene rings is 1. The van der Waals surface area contributed by atoms with Crippen molar-refractivity contribution in [2.75, 3.05) is 20.3 Å². The van der Waals surface area contributed by atoms with E-state index in [9.17, 15) is 4.79 Å². The van der Waals surface area contributed by atoms with Crippen molar-refractivity contribution < 1.29 is 14.3 Å². The summed E-state index contributed by atoms with van der Waals surface area (Å²) in [5.74, 6) is 2.69. The average molecular weight is 450 g/mol. The third-order valence-corrected chi connectivity index (χ3v) is 6.06. The predicted octanol–water partition coefficient (Wildman–Crippen LogP) is 4.94. The molecule has 0 saturated carbocycles. The van der Waals surface area contributed by atoms with Gasteiger partial charge < -0.3 is 19.4 Å². The van der Waals surface area contributed by atoms with Gasteiger partial charge in [-0.1, -0.05) is 18.2 Å². The van der Waals surface area contributed by atoms with Gasteiger partial charge in [0, 0.05) is 19.5 Å².